The summed E-state index contributed by atoms with van der Waals surface area (Å²) >= 11 is 0. The molecule has 0 aromatic carbocycles. The van der Waals surface area contributed by atoms with Gasteiger partial charge in [-0.05, 0) is 6.92 Å². The van der Waals surface area contributed by atoms with Crippen molar-refractivity contribution in [2.45, 2.75) is 6.92 Å². The van der Waals surface area contributed by atoms with Crippen LogP contribution in [0, 0.1) is 6.92 Å². The molecule has 1 heterocycles. The fraction of sp³-hybridized carbons (Fsp3) is 0.286. The molecule has 0 amide bonds. The average molecular weight is 166 g/mol. The summed E-state index contributed by atoms with van der Waals surface area (Å²) in [6.45, 7) is 1.69. The molecule has 1 aromatic rings. The standard InChI is InChI=1S/C7H9NO2.Al/c1-5-7(10)6(9)3-4-8(5)2;/h3-4,10H,1-2H3;/q;+3. The van der Waals surface area contributed by atoms with Crippen LogP contribution in [0.2, 0.25) is 0 Å². The summed E-state index contributed by atoms with van der Waals surface area (Å²) in [5.41, 5.74) is 0.267. The second-order valence-corrected chi connectivity index (χ2v) is 2.22. The van der Waals surface area contributed by atoms with Gasteiger partial charge in [0.05, 0.1) is 5.69 Å². The summed E-state index contributed by atoms with van der Waals surface area (Å²) in [6, 6.07) is 1.34. The number of aromatic hydroxyl groups is 1. The second kappa shape index (κ2) is 3.61. The Balaban J connectivity index is 0.000001000. The van der Waals surface area contributed by atoms with Crippen molar-refractivity contribution < 1.29 is 5.11 Å². The van der Waals surface area contributed by atoms with E-state index in [1.54, 1.807) is 24.7 Å². The molecule has 0 spiro atoms. The average Bonchev–Trinajstić information content (AvgIpc) is 1.93. The first-order chi connectivity index (χ1) is 4.63. The molecule has 0 aliphatic carbocycles. The molecule has 4 heteroatoms. The van der Waals surface area contributed by atoms with E-state index < -0.39 is 0 Å². The van der Waals surface area contributed by atoms with E-state index >= 15 is 0 Å². The molecule has 1 aromatic heterocycles. The smallest absolute Gasteiger partial charge is 0.503 e. The monoisotopic (exact) mass is 166 g/mol. The molecule has 0 aliphatic heterocycles. The van der Waals surface area contributed by atoms with E-state index in [1.807, 2.05) is 0 Å². The number of rotatable bonds is 0. The van der Waals surface area contributed by atoms with Crippen LogP contribution in [0.4, 0.5) is 0 Å². The molecule has 1 N–H and O–H groups in total. The van der Waals surface area contributed by atoms with Gasteiger partial charge in [-0.3, -0.25) is 4.79 Å². The van der Waals surface area contributed by atoms with Crippen LogP contribution in [0.1, 0.15) is 5.69 Å². The number of hydrogen-bond acceptors (Lipinski definition) is 2. The fourth-order valence-corrected chi connectivity index (χ4v) is 0.716. The predicted octanol–water partition coefficient (Wildman–Crippen LogP) is 0.0185. The van der Waals surface area contributed by atoms with Crippen LogP contribution in [0.3, 0.4) is 0 Å². The first-order valence-corrected chi connectivity index (χ1v) is 2.98. The van der Waals surface area contributed by atoms with Gasteiger partial charge >= 0.3 is 17.4 Å². The maximum absolute atomic E-state index is 10.7. The minimum Gasteiger partial charge on any atom is -0.503 e. The van der Waals surface area contributed by atoms with Crippen molar-refractivity contribution in [1.29, 1.82) is 0 Å². The summed E-state index contributed by atoms with van der Waals surface area (Å²) in [6.07, 6.45) is 1.62. The Morgan fingerprint density at radius 2 is 2.09 bits per heavy atom. The third-order valence-corrected chi connectivity index (χ3v) is 1.55. The number of aromatic nitrogens is 1. The second-order valence-electron chi connectivity index (χ2n) is 2.22. The molecule has 3 nitrogen and oxygen atoms in total. The largest absolute Gasteiger partial charge is 3.00 e. The summed E-state index contributed by atoms with van der Waals surface area (Å²) < 4.78 is 1.69. The Morgan fingerprint density at radius 1 is 1.55 bits per heavy atom. The van der Waals surface area contributed by atoms with Gasteiger partial charge in [0, 0.05) is 19.3 Å². The SMILES string of the molecule is Cc1c(O)c(=O)ccn1C.[Al+3]. The molecule has 0 saturated heterocycles. The Bertz CT molecular complexity index is 306. The first kappa shape index (κ1) is 10.3. The molecule has 0 unspecified atom stereocenters. The predicted molar refractivity (Wildman–Crippen MR) is 43.8 cm³/mol. The van der Waals surface area contributed by atoms with Crippen LogP contribution in [-0.4, -0.2) is 27.0 Å². The van der Waals surface area contributed by atoms with Gasteiger partial charge in [0.25, 0.3) is 0 Å². The molecule has 0 aliphatic rings. The molecular formula is C7H9AlNO2+3. The third-order valence-electron chi connectivity index (χ3n) is 1.55. The van der Waals surface area contributed by atoms with E-state index in [2.05, 4.69) is 0 Å². The van der Waals surface area contributed by atoms with Gasteiger partial charge in [-0.2, -0.15) is 0 Å². The van der Waals surface area contributed by atoms with Crippen molar-refractivity contribution in [1.82, 2.24) is 4.57 Å². The van der Waals surface area contributed by atoms with Crippen LogP contribution in [0.25, 0.3) is 0 Å². The zero-order chi connectivity index (χ0) is 7.72. The number of nitrogens with zero attached hydrogens (tertiary/aromatic N) is 1. The number of pyridine rings is 1. The minimum absolute atomic E-state index is 0. The third kappa shape index (κ3) is 1.86. The summed E-state index contributed by atoms with van der Waals surface area (Å²) in [7, 11) is 1.77. The van der Waals surface area contributed by atoms with Gasteiger partial charge in [0.15, 0.2) is 5.75 Å². The van der Waals surface area contributed by atoms with Crippen LogP contribution >= 0.6 is 0 Å². The zero-order valence-corrected chi connectivity index (χ0v) is 7.69. The van der Waals surface area contributed by atoms with Crippen molar-refractivity contribution >= 4 is 17.4 Å². The van der Waals surface area contributed by atoms with E-state index in [9.17, 15) is 4.79 Å². The Morgan fingerprint density at radius 3 is 2.55 bits per heavy atom. The Hall–Kier alpha value is -0.718. The molecule has 1 rings (SSSR count). The van der Waals surface area contributed by atoms with E-state index in [-0.39, 0.29) is 28.5 Å². The van der Waals surface area contributed by atoms with Gasteiger partial charge in [0.2, 0.25) is 5.43 Å². The van der Waals surface area contributed by atoms with Crippen molar-refractivity contribution in [2.24, 2.45) is 7.05 Å². The number of hydrogen-bond donors (Lipinski definition) is 1. The molecule has 11 heavy (non-hydrogen) atoms. The summed E-state index contributed by atoms with van der Waals surface area (Å²) in [4.78, 5) is 10.7. The molecule has 0 fully saturated rings. The normalized spacial score (nSPS) is 8.91. The van der Waals surface area contributed by atoms with Crippen LogP contribution in [-0.2, 0) is 7.05 Å². The van der Waals surface area contributed by atoms with Gasteiger partial charge < -0.3 is 9.67 Å². The zero-order valence-electron chi connectivity index (χ0n) is 6.53. The summed E-state index contributed by atoms with van der Waals surface area (Å²) in [5.74, 6) is -0.162. The Labute approximate surface area is 75.4 Å². The van der Waals surface area contributed by atoms with Crippen molar-refractivity contribution in [3.63, 3.8) is 0 Å². The van der Waals surface area contributed by atoms with Crippen LogP contribution in [0.15, 0.2) is 17.1 Å². The quantitative estimate of drug-likeness (QED) is 0.552. The molecule has 0 atom stereocenters. The van der Waals surface area contributed by atoms with Crippen molar-refractivity contribution in [3.8, 4) is 5.75 Å². The summed E-state index contributed by atoms with van der Waals surface area (Å²) in [5, 5.41) is 9.05. The first-order valence-electron chi connectivity index (χ1n) is 2.98. The molecule has 0 radical (unpaired) electrons. The van der Waals surface area contributed by atoms with Crippen molar-refractivity contribution in [2.75, 3.05) is 0 Å². The fourth-order valence-electron chi connectivity index (χ4n) is 0.716. The van der Waals surface area contributed by atoms with Crippen LogP contribution in [0.5, 0.6) is 5.75 Å². The van der Waals surface area contributed by atoms with E-state index in [0.717, 1.165) is 0 Å². The maximum atomic E-state index is 10.7. The molecule has 0 saturated carbocycles. The van der Waals surface area contributed by atoms with Crippen LogP contribution < -0.4 is 5.43 Å². The minimum atomic E-state index is -0.324. The Kier molecular flexibility index (Phi) is 3.37. The van der Waals surface area contributed by atoms with E-state index in [4.69, 9.17) is 5.11 Å². The van der Waals surface area contributed by atoms with E-state index in [0.29, 0.717) is 5.69 Å². The van der Waals surface area contributed by atoms with Gasteiger partial charge in [-0.1, -0.05) is 0 Å². The van der Waals surface area contributed by atoms with Crippen molar-refractivity contribution in [3.05, 3.63) is 28.2 Å². The van der Waals surface area contributed by atoms with Gasteiger partial charge in [-0.25, -0.2) is 0 Å². The van der Waals surface area contributed by atoms with Gasteiger partial charge in [0.1, 0.15) is 0 Å². The molecule has 0 bridgehead atoms. The molecule has 54 valence electrons. The van der Waals surface area contributed by atoms with E-state index in [1.165, 1.54) is 6.07 Å². The maximum Gasteiger partial charge on any atom is 3.00 e. The molecular weight excluding hydrogens is 157 g/mol. The number of aryl methyl sites for hydroxylation is 1. The van der Waals surface area contributed by atoms with Gasteiger partial charge in [-0.15, -0.1) is 0 Å². The topological polar surface area (TPSA) is 42.2 Å².